The van der Waals surface area contributed by atoms with Crippen molar-refractivity contribution in [1.29, 1.82) is 0 Å². The van der Waals surface area contributed by atoms with Crippen molar-refractivity contribution >= 4 is 23.4 Å². The Morgan fingerprint density at radius 3 is 2.27 bits per heavy atom. The molecule has 1 heterocycles. The van der Waals surface area contributed by atoms with Crippen molar-refractivity contribution in [3.63, 3.8) is 0 Å². The van der Waals surface area contributed by atoms with Crippen LogP contribution in [0.1, 0.15) is 30.9 Å². The molecule has 3 aromatic carbocycles. The second-order valence-corrected chi connectivity index (χ2v) is 9.10. The molecule has 2 N–H and O–H groups in total. The van der Waals surface area contributed by atoms with Crippen LogP contribution in [0.5, 0.6) is 0 Å². The van der Waals surface area contributed by atoms with E-state index in [-0.39, 0.29) is 18.5 Å². The third-order valence-corrected chi connectivity index (χ3v) is 6.06. The van der Waals surface area contributed by atoms with Crippen LogP contribution in [-0.2, 0) is 4.79 Å². The van der Waals surface area contributed by atoms with E-state index in [0.717, 1.165) is 40.9 Å². The van der Waals surface area contributed by atoms with Gasteiger partial charge in [0.15, 0.2) is 0 Å². The Morgan fingerprint density at radius 1 is 0.892 bits per heavy atom. The maximum atomic E-state index is 13.2. The fourth-order valence-corrected chi connectivity index (χ4v) is 4.13. The van der Waals surface area contributed by atoms with Crippen LogP contribution in [0.2, 0.25) is 0 Å². The highest BCUT2D eigenvalue weighted by atomic mass is 16.2. The Kier molecular flexibility index (Phi) is 8.36. The molecule has 0 unspecified atom stereocenters. The third-order valence-electron chi connectivity index (χ3n) is 6.06. The second-order valence-electron chi connectivity index (χ2n) is 9.10. The number of hydrogen-bond acceptors (Lipinski definition) is 3. The molecule has 4 rings (SSSR count). The first-order chi connectivity index (χ1) is 17.9. The lowest BCUT2D eigenvalue weighted by molar-refractivity contribution is -0.116. The molecule has 0 atom stereocenters. The lowest BCUT2D eigenvalue weighted by Gasteiger charge is -2.22. The van der Waals surface area contributed by atoms with Crippen LogP contribution in [-0.4, -0.2) is 39.7 Å². The molecule has 7 heteroatoms. The van der Waals surface area contributed by atoms with Gasteiger partial charge in [0, 0.05) is 23.9 Å². The Labute approximate surface area is 218 Å². The summed E-state index contributed by atoms with van der Waals surface area (Å²) in [5.74, 6) is 0.263. The third kappa shape index (κ3) is 6.64. The van der Waals surface area contributed by atoms with E-state index >= 15 is 0 Å². The monoisotopic (exact) mass is 495 g/mol. The van der Waals surface area contributed by atoms with Gasteiger partial charge < -0.3 is 15.5 Å². The van der Waals surface area contributed by atoms with Crippen LogP contribution in [0.4, 0.5) is 16.3 Å². The quantitative estimate of drug-likeness (QED) is 0.281. The number of nitrogens with one attached hydrogen (secondary N) is 2. The molecule has 4 aromatic rings. The topological polar surface area (TPSA) is 79.3 Å². The predicted molar refractivity (Wildman–Crippen MR) is 149 cm³/mol. The molecule has 1 aromatic heterocycles. The van der Waals surface area contributed by atoms with Crippen molar-refractivity contribution in [3.8, 4) is 16.9 Å². The molecule has 0 bridgehead atoms. The molecule has 0 saturated heterocycles. The van der Waals surface area contributed by atoms with Crippen LogP contribution in [0, 0.1) is 13.8 Å². The number of amides is 3. The molecule has 0 radical (unpaired) electrons. The summed E-state index contributed by atoms with van der Waals surface area (Å²) in [6, 6.07) is 26.8. The van der Waals surface area contributed by atoms with E-state index in [2.05, 4.69) is 23.6 Å². The van der Waals surface area contributed by atoms with Crippen molar-refractivity contribution in [2.24, 2.45) is 0 Å². The van der Waals surface area contributed by atoms with Crippen molar-refractivity contribution in [2.75, 3.05) is 23.7 Å². The number of carbonyl (C=O) groups is 2. The number of aryl methyl sites for hydroxylation is 2. The molecule has 0 aliphatic carbocycles. The van der Waals surface area contributed by atoms with Gasteiger partial charge in [0.1, 0.15) is 12.4 Å². The van der Waals surface area contributed by atoms with E-state index in [0.29, 0.717) is 18.1 Å². The van der Waals surface area contributed by atoms with Crippen LogP contribution in [0.3, 0.4) is 0 Å². The molecule has 0 aliphatic heterocycles. The van der Waals surface area contributed by atoms with Gasteiger partial charge in [-0.15, -0.1) is 0 Å². The fraction of sp³-hybridized carbons (Fsp3) is 0.233. The van der Waals surface area contributed by atoms with Crippen molar-refractivity contribution in [2.45, 2.75) is 33.6 Å². The Balaban J connectivity index is 1.58. The number of benzene rings is 3. The summed E-state index contributed by atoms with van der Waals surface area (Å²) in [5.41, 5.74) is 5.47. The summed E-state index contributed by atoms with van der Waals surface area (Å²) in [4.78, 5) is 27.8. The zero-order chi connectivity index (χ0) is 26.2. The molecule has 3 amide bonds. The minimum atomic E-state index is -0.303. The average molecular weight is 496 g/mol. The molecule has 0 spiro atoms. The predicted octanol–water partition coefficient (Wildman–Crippen LogP) is 6.43. The lowest BCUT2D eigenvalue weighted by Crippen LogP contribution is -2.41. The van der Waals surface area contributed by atoms with E-state index in [1.807, 2.05) is 92.7 Å². The first kappa shape index (κ1) is 25.7. The van der Waals surface area contributed by atoms with Gasteiger partial charge in [0.25, 0.3) is 0 Å². The first-order valence-electron chi connectivity index (χ1n) is 12.6. The zero-order valence-electron chi connectivity index (χ0n) is 21.6. The van der Waals surface area contributed by atoms with Crippen molar-refractivity contribution in [3.05, 3.63) is 96.1 Å². The summed E-state index contributed by atoms with van der Waals surface area (Å²) in [5, 5.41) is 10.7. The molecular formula is C30H33N5O2. The summed E-state index contributed by atoms with van der Waals surface area (Å²) in [6.45, 7) is 6.54. The van der Waals surface area contributed by atoms with Gasteiger partial charge in [-0.1, -0.05) is 79.6 Å². The minimum Gasteiger partial charge on any atom is -0.315 e. The number of para-hydroxylation sites is 1. The largest absolute Gasteiger partial charge is 0.322 e. The maximum Gasteiger partial charge on any atom is 0.322 e. The van der Waals surface area contributed by atoms with Gasteiger partial charge in [-0.3, -0.25) is 4.79 Å². The number of nitrogens with zero attached hydrogens (tertiary/aromatic N) is 3. The van der Waals surface area contributed by atoms with Crippen molar-refractivity contribution < 1.29 is 9.59 Å². The van der Waals surface area contributed by atoms with E-state index in [1.165, 1.54) is 0 Å². The van der Waals surface area contributed by atoms with Gasteiger partial charge in [0.05, 0.1) is 11.4 Å². The Hall–Kier alpha value is -4.39. The van der Waals surface area contributed by atoms with Gasteiger partial charge in [0.2, 0.25) is 5.91 Å². The van der Waals surface area contributed by atoms with E-state index in [4.69, 9.17) is 5.10 Å². The van der Waals surface area contributed by atoms with Crippen LogP contribution in [0.15, 0.2) is 84.9 Å². The summed E-state index contributed by atoms with van der Waals surface area (Å²) in [6.07, 6.45) is 1.71. The van der Waals surface area contributed by atoms with Crippen LogP contribution < -0.4 is 10.6 Å². The standard InChI is InChI=1S/C30H33N5O2/c1-4-5-18-34(30(37)31-25-14-10-7-11-15-25)21-29(36)32-28-20-26(24-12-8-6-9-13-24)33-35(28)27-17-16-22(2)19-23(27)3/h6-17,19-20H,4-5,18,21H2,1-3H3,(H,31,37)(H,32,36). The normalized spacial score (nSPS) is 10.7. The first-order valence-corrected chi connectivity index (χ1v) is 12.6. The van der Waals surface area contributed by atoms with Gasteiger partial charge in [-0.2, -0.15) is 5.10 Å². The molecular weight excluding hydrogens is 462 g/mol. The smallest absolute Gasteiger partial charge is 0.315 e. The van der Waals surface area contributed by atoms with E-state index in [9.17, 15) is 9.59 Å². The Morgan fingerprint density at radius 2 is 1.59 bits per heavy atom. The molecule has 7 nitrogen and oxygen atoms in total. The lowest BCUT2D eigenvalue weighted by atomic mass is 10.1. The molecule has 0 fully saturated rings. The second kappa shape index (κ2) is 12.0. The number of carbonyl (C=O) groups excluding carboxylic acids is 2. The van der Waals surface area contributed by atoms with Crippen LogP contribution in [0.25, 0.3) is 16.9 Å². The van der Waals surface area contributed by atoms with E-state index in [1.54, 1.807) is 9.58 Å². The van der Waals surface area contributed by atoms with E-state index < -0.39 is 0 Å². The highest BCUT2D eigenvalue weighted by Gasteiger charge is 2.20. The number of aromatic nitrogens is 2. The number of anilines is 2. The summed E-state index contributed by atoms with van der Waals surface area (Å²) >= 11 is 0. The highest BCUT2D eigenvalue weighted by molar-refractivity contribution is 5.97. The summed E-state index contributed by atoms with van der Waals surface area (Å²) < 4.78 is 1.76. The zero-order valence-corrected chi connectivity index (χ0v) is 21.6. The number of rotatable bonds is 9. The fourth-order valence-electron chi connectivity index (χ4n) is 4.13. The molecule has 37 heavy (non-hydrogen) atoms. The maximum absolute atomic E-state index is 13.2. The average Bonchev–Trinajstić information content (AvgIpc) is 3.30. The molecule has 0 aliphatic rings. The molecule has 190 valence electrons. The van der Waals surface area contributed by atoms with Gasteiger partial charge in [-0.05, 0) is 44.0 Å². The summed E-state index contributed by atoms with van der Waals surface area (Å²) in [7, 11) is 0. The van der Waals surface area contributed by atoms with Gasteiger partial charge >= 0.3 is 6.03 Å². The van der Waals surface area contributed by atoms with Crippen LogP contribution >= 0.6 is 0 Å². The SMILES string of the molecule is CCCCN(CC(=O)Nc1cc(-c2ccccc2)nn1-c1ccc(C)cc1C)C(=O)Nc1ccccc1. The minimum absolute atomic E-state index is 0.0720. The number of unbranched alkanes of at least 4 members (excludes halogenated alkanes) is 1. The van der Waals surface area contributed by atoms with Gasteiger partial charge in [-0.25, -0.2) is 9.48 Å². The number of urea groups is 1. The highest BCUT2D eigenvalue weighted by Crippen LogP contribution is 2.26. The Bertz CT molecular complexity index is 1350. The molecule has 0 saturated carbocycles. The number of hydrogen-bond donors (Lipinski definition) is 2. The van der Waals surface area contributed by atoms with Crippen molar-refractivity contribution in [1.82, 2.24) is 14.7 Å².